The van der Waals surface area contributed by atoms with Crippen LogP contribution in [-0.4, -0.2) is 65.5 Å². The van der Waals surface area contributed by atoms with Crippen LogP contribution in [0.2, 0.25) is 0 Å². The molecule has 0 fully saturated rings. The van der Waals surface area contributed by atoms with Crippen LogP contribution >= 0.6 is 0 Å². The predicted octanol–water partition coefficient (Wildman–Crippen LogP) is 2.55. The Morgan fingerprint density at radius 1 is 0.500 bits per heavy atom. The molecule has 20 heavy (non-hydrogen) atoms. The number of hydrogen-bond acceptors (Lipinski definition) is 4. The van der Waals surface area contributed by atoms with Gasteiger partial charge in [0.15, 0.2) is 0 Å². The van der Waals surface area contributed by atoms with E-state index in [1.807, 2.05) is 0 Å². The van der Waals surface area contributed by atoms with Crippen molar-refractivity contribution in [2.45, 2.75) is 20.8 Å². The summed E-state index contributed by atoms with van der Waals surface area (Å²) in [6.07, 6.45) is -7.33. The molecule has 0 unspecified atom stereocenters. The zero-order chi connectivity index (χ0) is 17.9. The smallest absolute Gasteiger partial charge is 0.450 e. The highest BCUT2D eigenvalue weighted by Crippen LogP contribution is 1.81. The first-order valence-electron chi connectivity index (χ1n) is 4.34. The van der Waals surface area contributed by atoms with Gasteiger partial charge in [0.25, 0.3) is 0 Å². The second kappa shape index (κ2) is 25.1. The van der Waals surface area contributed by atoms with Gasteiger partial charge < -0.3 is 40.9 Å². The molecule has 0 aliphatic rings. The molecule has 0 saturated carbocycles. The molecule has 0 spiro atoms. The van der Waals surface area contributed by atoms with Crippen molar-refractivity contribution in [2.75, 3.05) is 0 Å². The van der Waals surface area contributed by atoms with Gasteiger partial charge in [-0.15, -0.1) is 0 Å². The summed E-state index contributed by atoms with van der Waals surface area (Å²) in [6, 6.07) is 0. The fourth-order valence-corrected chi connectivity index (χ4v) is 0. The van der Waals surface area contributed by atoms with Gasteiger partial charge in [-0.25, -0.2) is 19.2 Å². The van der Waals surface area contributed by atoms with E-state index < -0.39 is 24.6 Å². The molecular weight excluding hydrogens is 288 g/mol. The van der Waals surface area contributed by atoms with Crippen molar-refractivity contribution in [3.63, 3.8) is 0 Å². The maximum absolute atomic E-state index is 8.56. The highest BCUT2D eigenvalue weighted by molar-refractivity contribution is 5.54. The molecule has 0 amide bonds. The summed E-state index contributed by atoms with van der Waals surface area (Å²) >= 11 is 0. The molecule has 0 radical (unpaired) electrons. The van der Waals surface area contributed by atoms with Crippen LogP contribution in [0.5, 0.6) is 0 Å². The van der Waals surface area contributed by atoms with Gasteiger partial charge in [-0.2, -0.15) is 0 Å². The fraction of sp³-hybridized carbons (Fsp3) is 0.500. The van der Waals surface area contributed by atoms with E-state index in [0.29, 0.717) is 0 Å². The maximum Gasteiger partial charge on any atom is 0.503 e. The summed E-state index contributed by atoms with van der Waals surface area (Å²) in [4.78, 5) is 34.2. The number of hydrogen-bond donors (Lipinski definition) is 8. The molecule has 12 nitrogen and oxygen atoms in total. The van der Waals surface area contributed by atoms with Crippen molar-refractivity contribution in [1.29, 1.82) is 0 Å². The first-order chi connectivity index (χ1) is 8.66. The van der Waals surface area contributed by atoms with Crippen molar-refractivity contribution in [3.05, 3.63) is 0 Å². The van der Waals surface area contributed by atoms with Gasteiger partial charge in [-0.05, 0) is 5.92 Å². The van der Waals surface area contributed by atoms with E-state index in [1.165, 1.54) is 0 Å². The summed E-state index contributed by atoms with van der Waals surface area (Å²) < 4.78 is 0. The molecule has 0 aromatic heterocycles. The lowest BCUT2D eigenvalue weighted by Crippen LogP contribution is -1.81. The van der Waals surface area contributed by atoms with Crippen LogP contribution < -0.4 is 0 Å². The van der Waals surface area contributed by atoms with Crippen LogP contribution in [-0.2, 0) is 0 Å². The summed E-state index contributed by atoms with van der Waals surface area (Å²) in [6.45, 7) is 6.50. The fourth-order valence-electron chi connectivity index (χ4n) is 0. The molecule has 0 rings (SSSR count). The summed E-state index contributed by atoms with van der Waals surface area (Å²) in [5.74, 6) is 0.833. The molecule has 8 N–H and O–H groups in total. The Balaban J connectivity index is -0.0000000469. The molecule has 0 aliphatic heterocycles. The van der Waals surface area contributed by atoms with E-state index in [2.05, 4.69) is 20.8 Å². The topological polar surface area (TPSA) is 230 Å². The van der Waals surface area contributed by atoms with E-state index in [4.69, 9.17) is 60.0 Å². The van der Waals surface area contributed by atoms with E-state index in [0.717, 1.165) is 5.92 Å². The van der Waals surface area contributed by atoms with Gasteiger partial charge in [0, 0.05) is 0 Å². The van der Waals surface area contributed by atoms with Gasteiger partial charge in [0.2, 0.25) is 0 Å². The Hall–Kier alpha value is -2.92. The zero-order valence-electron chi connectivity index (χ0n) is 10.8. The Morgan fingerprint density at radius 2 is 0.500 bits per heavy atom. The van der Waals surface area contributed by atoms with Crippen LogP contribution in [0.25, 0.3) is 0 Å². The van der Waals surface area contributed by atoms with E-state index in [-0.39, 0.29) is 0 Å². The quantitative estimate of drug-likeness (QED) is 0.322. The van der Waals surface area contributed by atoms with Gasteiger partial charge in [0.05, 0.1) is 0 Å². The van der Waals surface area contributed by atoms with Crippen LogP contribution in [0, 0.1) is 5.92 Å². The Bertz CT molecular complexity index is 191. The van der Waals surface area contributed by atoms with Crippen molar-refractivity contribution < 1.29 is 60.0 Å². The molecule has 0 aliphatic carbocycles. The predicted molar refractivity (Wildman–Crippen MR) is 63.1 cm³/mol. The highest BCUT2D eigenvalue weighted by Gasteiger charge is 1.71. The lowest BCUT2D eigenvalue weighted by molar-refractivity contribution is 0.135. The maximum atomic E-state index is 8.56. The SMILES string of the molecule is CC(C)C.O=C(O)O.O=C(O)O.O=C(O)O.O=C(O)O. The molecule has 0 saturated heterocycles. The molecule has 0 bridgehead atoms. The third kappa shape index (κ3) is 351. The van der Waals surface area contributed by atoms with Crippen molar-refractivity contribution in [1.82, 2.24) is 0 Å². The van der Waals surface area contributed by atoms with Gasteiger partial charge >= 0.3 is 24.6 Å². The minimum atomic E-state index is -1.83. The number of carboxylic acid groups (broad SMARTS) is 8. The second-order valence-electron chi connectivity index (χ2n) is 2.86. The van der Waals surface area contributed by atoms with E-state index in [1.54, 1.807) is 0 Å². The minimum Gasteiger partial charge on any atom is -0.450 e. The Kier molecular flexibility index (Phi) is 37.9. The first-order valence-corrected chi connectivity index (χ1v) is 4.34. The van der Waals surface area contributed by atoms with Gasteiger partial charge in [-0.3, -0.25) is 0 Å². The molecule has 12 heteroatoms. The largest absolute Gasteiger partial charge is 0.503 e. The monoisotopic (exact) mass is 306 g/mol. The summed E-state index contributed by atoms with van der Waals surface area (Å²) in [7, 11) is 0. The van der Waals surface area contributed by atoms with Crippen molar-refractivity contribution in [3.8, 4) is 0 Å². The van der Waals surface area contributed by atoms with Crippen LogP contribution in [0.4, 0.5) is 19.2 Å². The Morgan fingerprint density at radius 3 is 0.500 bits per heavy atom. The minimum absolute atomic E-state index is 0.833. The van der Waals surface area contributed by atoms with Gasteiger partial charge in [-0.1, -0.05) is 20.8 Å². The number of carbonyl (C=O) groups is 4. The molecule has 0 aromatic carbocycles. The molecule has 0 aromatic rings. The van der Waals surface area contributed by atoms with E-state index >= 15 is 0 Å². The third-order valence-electron chi connectivity index (χ3n) is 0. The molecule has 0 heterocycles. The average Bonchev–Trinajstić information content (AvgIpc) is 1.94. The first kappa shape index (κ1) is 30.3. The van der Waals surface area contributed by atoms with Gasteiger partial charge in [0.1, 0.15) is 0 Å². The zero-order valence-corrected chi connectivity index (χ0v) is 10.8. The summed E-state index contributed by atoms with van der Waals surface area (Å²) in [5.41, 5.74) is 0. The average molecular weight is 306 g/mol. The Labute approximate surface area is 112 Å². The molecule has 122 valence electrons. The van der Waals surface area contributed by atoms with Crippen molar-refractivity contribution in [2.24, 2.45) is 5.92 Å². The normalized spacial score (nSPS) is 6.60. The second-order valence-corrected chi connectivity index (χ2v) is 2.86. The van der Waals surface area contributed by atoms with Crippen molar-refractivity contribution >= 4 is 24.6 Å². The van der Waals surface area contributed by atoms with Crippen LogP contribution in [0.3, 0.4) is 0 Å². The number of rotatable bonds is 0. The summed E-state index contributed by atoms with van der Waals surface area (Å²) in [5, 5.41) is 55.8. The highest BCUT2D eigenvalue weighted by atomic mass is 16.6. The van der Waals surface area contributed by atoms with Crippen LogP contribution in [0.1, 0.15) is 20.8 Å². The third-order valence-corrected chi connectivity index (χ3v) is 0. The standard InChI is InChI=1S/C4H10.4CH2O3/c1-4(2)3;4*2-1(3)4/h4H,1-3H3;4*(H2,2,3,4). The van der Waals surface area contributed by atoms with Crippen LogP contribution in [0.15, 0.2) is 0 Å². The molecule has 0 atom stereocenters. The lowest BCUT2D eigenvalue weighted by Gasteiger charge is -1.79. The van der Waals surface area contributed by atoms with E-state index in [9.17, 15) is 0 Å². The molecular formula is C8H18O12. The lowest BCUT2D eigenvalue weighted by atomic mass is 10.3.